The molecule has 2 aromatic rings. The number of carbonyl (C=O) groups excluding carboxylic acids is 1. The largest absolute Gasteiger partial charge is 0.495 e. The van der Waals surface area contributed by atoms with Crippen LogP contribution in [-0.4, -0.2) is 18.0 Å². The molecule has 0 aliphatic carbocycles. The van der Waals surface area contributed by atoms with Crippen LogP contribution in [0.1, 0.15) is 16.1 Å². The summed E-state index contributed by atoms with van der Waals surface area (Å²) in [7, 11) is 1.56. The number of hydrogen-bond acceptors (Lipinski definition) is 3. The number of hydrogen-bond donors (Lipinski definition) is 3. The second kappa shape index (κ2) is 5.36. The Kier molecular flexibility index (Phi) is 3.80. The number of nitrogens with one attached hydrogen (secondary N) is 2. The van der Waals surface area contributed by atoms with Gasteiger partial charge in [0.05, 0.1) is 12.8 Å². The summed E-state index contributed by atoms with van der Waals surface area (Å²) in [5, 5.41) is 2.82. The number of carbonyl (C=O) groups is 1. The van der Waals surface area contributed by atoms with Crippen molar-refractivity contribution in [2.45, 2.75) is 6.92 Å². The van der Waals surface area contributed by atoms with E-state index in [2.05, 4.69) is 26.2 Å². The highest BCUT2D eigenvalue weighted by atomic mass is 79.9. The van der Waals surface area contributed by atoms with Crippen LogP contribution in [0.2, 0.25) is 0 Å². The molecule has 0 atom stereocenters. The zero-order valence-corrected chi connectivity index (χ0v) is 12.2. The highest BCUT2D eigenvalue weighted by molar-refractivity contribution is 9.10. The smallest absolute Gasteiger partial charge is 0.272 e. The minimum Gasteiger partial charge on any atom is -0.495 e. The first kappa shape index (κ1) is 13.5. The molecule has 0 bridgehead atoms. The number of methoxy groups -OCH3 is 1. The number of halogens is 1. The zero-order valence-electron chi connectivity index (χ0n) is 10.6. The summed E-state index contributed by atoms with van der Waals surface area (Å²) in [4.78, 5) is 14.9. The van der Waals surface area contributed by atoms with Gasteiger partial charge in [-0.3, -0.25) is 4.79 Å². The molecule has 0 aliphatic heterocycles. The summed E-state index contributed by atoms with van der Waals surface area (Å²) in [5.74, 6) is 0.333. The number of amides is 1. The molecule has 0 spiro atoms. The standard InChI is InChI=1S/C13H14BrN3O2/c1-7-3-8(14)4-11(19-2)12(7)17-13(18)10-5-9(15)6-16-10/h3-6,16H,15H2,1-2H3,(H,17,18). The number of nitrogen functional groups attached to an aromatic ring is 1. The molecule has 0 fully saturated rings. The van der Waals surface area contributed by atoms with E-state index >= 15 is 0 Å². The van der Waals surface area contributed by atoms with Crippen molar-refractivity contribution in [1.29, 1.82) is 0 Å². The summed E-state index contributed by atoms with van der Waals surface area (Å²) in [6.45, 7) is 1.89. The topological polar surface area (TPSA) is 80.1 Å². The molecular formula is C13H14BrN3O2. The van der Waals surface area contributed by atoms with E-state index in [4.69, 9.17) is 10.5 Å². The van der Waals surface area contributed by atoms with Crippen LogP contribution in [0.15, 0.2) is 28.9 Å². The van der Waals surface area contributed by atoms with Gasteiger partial charge in [-0.1, -0.05) is 15.9 Å². The van der Waals surface area contributed by atoms with Crippen LogP contribution in [0.5, 0.6) is 5.75 Å². The normalized spacial score (nSPS) is 10.3. The number of ether oxygens (including phenoxy) is 1. The molecule has 2 rings (SSSR count). The quantitative estimate of drug-likeness (QED) is 0.812. The number of aryl methyl sites for hydroxylation is 1. The van der Waals surface area contributed by atoms with Crippen molar-refractivity contribution in [2.24, 2.45) is 0 Å². The average molecular weight is 324 g/mol. The summed E-state index contributed by atoms with van der Waals surface area (Å²) in [5.41, 5.74) is 8.04. The van der Waals surface area contributed by atoms with Gasteiger partial charge in [0, 0.05) is 16.4 Å². The molecule has 19 heavy (non-hydrogen) atoms. The lowest BCUT2D eigenvalue weighted by atomic mass is 10.2. The van der Waals surface area contributed by atoms with Crippen LogP contribution in [-0.2, 0) is 0 Å². The zero-order chi connectivity index (χ0) is 14.0. The van der Waals surface area contributed by atoms with Crippen molar-refractivity contribution >= 4 is 33.2 Å². The van der Waals surface area contributed by atoms with Crippen molar-refractivity contribution in [3.63, 3.8) is 0 Å². The number of benzene rings is 1. The number of nitrogens with two attached hydrogens (primary N) is 1. The van der Waals surface area contributed by atoms with Gasteiger partial charge in [0.2, 0.25) is 0 Å². The van der Waals surface area contributed by atoms with Crippen molar-refractivity contribution in [3.05, 3.63) is 40.1 Å². The van der Waals surface area contributed by atoms with Gasteiger partial charge in [0.25, 0.3) is 5.91 Å². The summed E-state index contributed by atoms with van der Waals surface area (Å²) >= 11 is 3.39. The fourth-order valence-electron chi connectivity index (χ4n) is 1.76. The summed E-state index contributed by atoms with van der Waals surface area (Å²) in [6.07, 6.45) is 1.57. The highest BCUT2D eigenvalue weighted by Gasteiger charge is 2.14. The first-order valence-electron chi connectivity index (χ1n) is 5.60. The van der Waals surface area contributed by atoms with Gasteiger partial charge in [-0.25, -0.2) is 0 Å². The summed E-state index contributed by atoms with van der Waals surface area (Å²) in [6, 6.07) is 5.28. The van der Waals surface area contributed by atoms with E-state index in [1.165, 1.54) is 0 Å². The number of H-pyrrole nitrogens is 1. The number of rotatable bonds is 3. The Morgan fingerprint density at radius 1 is 1.42 bits per heavy atom. The maximum atomic E-state index is 12.1. The van der Waals surface area contributed by atoms with E-state index in [1.54, 1.807) is 25.4 Å². The Morgan fingerprint density at radius 2 is 2.16 bits per heavy atom. The predicted octanol–water partition coefficient (Wildman–Crippen LogP) is 2.93. The van der Waals surface area contributed by atoms with E-state index in [0.717, 1.165) is 10.0 Å². The Balaban J connectivity index is 2.31. The van der Waals surface area contributed by atoms with Crippen molar-refractivity contribution in [1.82, 2.24) is 4.98 Å². The van der Waals surface area contributed by atoms with Crippen molar-refractivity contribution in [2.75, 3.05) is 18.2 Å². The molecule has 0 saturated carbocycles. The Bertz CT molecular complexity index is 622. The van der Waals surface area contributed by atoms with E-state index in [1.807, 2.05) is 13.0 Å². The minimum atomic E-state index is -0.263. The first-order valence-corrected chi connectivity index (χ1v) is 6.40. The molecule has 1 heterocycles. The van der Waals surface area contributed by atoms with Crippen LogP contribution in [0.3, 0.4) is 0 Å². The van der Waals surface area contributed by atoms with Crippen LogP contribution < -0.4 is 15.8 Å². The Labute approximate surface area is 119 Å². The van der Waals surface area contributed by atoms with Crippen LogP contribution in [0, 0.1) is 6.92 Å². The van der Waals surface area contributed by atoms with Gasteiger partial charge in [0.1, 0.15) is 11.4 Å². The molecule has 1 amide bonds. The van der Waals surface area contributed by atoms with Gasteiger partial charge in [0.15, 0.2) is 0 Å². The molecule has 1 aromatic heterocycles. The third-order valence-corrected chi connectivity index (χ3v) is 3.13. The van der Waals surface area contributed by atoms with E-state index < -0.39 is 0 Å². The molecule has 6 heteroatoms. The van der Waals surface area contributed by atoms with Gasteiger partial charge in [-0.05, 0) is 30.7 Å². The van der Waals surface area contributed by atoms with Crippen LogP contribution in [0.25, 0.3) is 0 Å². The van der Waals surface area contributed by atoms with Gasteiger partial charge >= 0.3 is 0 Å². The molecule has 0 aliphatic rings. The number of anilines is 2. The molecule has 0 saturated heterocycles. The molecular weight excluding hydrogens is 310 g/mol. The minimum absolute atomic E-state index is 0.263. The van der Waals surface area contributed by atoms with Crippen LogP contribution >= 0.6 is 15.9 Å². The third kappa shape index (κ3) is 2.90. The second-order valence-electron chi connectivity index (χ2n) is 4.10. The molecule has 4 N–H and O–H groups in total. The van der Waals surface area contributed by atoms with Gasteiger partial charge in [-0.15, -0.1) is 0 Å². The fraction of sp³-hybridized carbons (Fsp3) is 0.154. The molecule has 0 radical (unpaired) electrons. The number of aromatic amines is 1. The SMILES string of the molecule is COc1cc(Br)cc(C)c1NC(=O)c1cc(N)c[nH]1. The molecule has 5 nitrogen and oxygen atoms in total. The van der Waals surface area contributed by atoms with Crippen molar-refractivity contribution < 1.29 is 9.53 Å². The Hall–Kier alpha value is -1.95. The lowest BCUT2D eigenvalue weighted by Crippen LogP contribution is -2.14. The highest BCUT2D eigenvalue weighted by Crippen LogP contribution is 2.32. The summed E-state index contributed by atoms with van der Waals surface area (Å²) < 4.78 is 6.16. The maximum absolute atomic E-state index is 12.1. The lowest BCUT2D eigenvalue weighted by molar-refractivity contribution is 0.102. The van der Waals surface area contributed by atoms with Gasteiger partial charge < -0.3 is 20.8 Å². The predicted molar refractivity (Wildman–Crippen MR) is 78.6 cm³/mol. The number of aromatic nitrogens is 1. The van der Waals surface area contributed by atoms with E-state index in [0.29, 0.717) is 22.8 Å². The average Bonchev–Trinajstić information content (AvgIpc) is 2.78. The fourth-order valence-corrected chi connectivity index (χ4v) is 2.31. The lowest BCUT2D eigenvalue weighted by Gasteiger charge is -2.13. The molecule has 0 unspecified atom stereocenters. The van der Waals surface area contributed by atoms with E-state index in [9.17, 15) is 4.79 Å². The monoisotopic (exact) mass is 323 g/mol. The maximum Gasteiger partial charge on any atom is 0.272 e. The molecule has 100 valence electrons. The Morgan fingerprint density at radius 3 is 2.74 bits per heavy atom. The first-order chi connectivity index (χ1) is 9.01. The van der Waals surface area contributed by atoms with Crippen molar-refractivity contribution in [3.8, 4) is 5.75 Å². The van der Waals surface area contributed by atoms with Gasteiger partial charge in [-0.2, -0.15) is 0 Å². The second-order valence-corrected chi connectivity index (χ2v) is 5.02. The van der Waals surface area contributed by atoms with Crippen LogP contribution in [0.4, 0.5) is 11.4 Å². The van der Waals surface area contributed by atoms with E-state index in [-0.39, 0.29) is 5.91 Å². The third-order valence-electron chi connectivity index (χ3n) is 2.67. The molecule has 1 aromatic carbocycles.